The summed E-state index contributed by atoms with van der Waals surface area (Å²) in [5.74, 6) is 1.05. The van der Waals surface area contributed by atoms with Gasteiger partial charge >= 0.3 is 0 Å². The Hall–Kier alpha value is -2.27. The Morgan fingerprint density at radius 2 is 1.50 bits per heavy atom. The third-order valence-corrected chi connectivity index (χ3v) is 7.06. The van der Waals surface area contributed by atoms with Crippen LogP contribution < -0.4 is 19.4 Å². The van der Waals surface area contributed by atoms with Gasteiger partial charge in [0.25, 0.3) is 5.91 Å². The molecule has 0 saturated carbocycles. The van der Waals surface area contributed by atoms with Crippen molar-refractivity contribution in [3.05, 3.63) is 53.3 Å². The van der Waals surface area contributed by atoms with Crippen LogP contribution in [0.25, 0.3) is 0 Å². The number of carbonyl (C=O) groups excluding carboxylic acids is 1. The fourth-order valence-corrected chi connectivity index (χ4v) is 4.74. The van der Waals surface area contributed by atoms with Crippen molar-refractivity contribution in [1.29, 1.82) is 0 Å². The van der Waals surface area contributed by atoms with Gasteiger partial charge in [0.1, 0.15) is 18.5 Å². The van der Waals surface area contributed by atoms with E-state index >= 15 is 0 Å². The molecule has 0 saturated heterocycles. The zero-order valence-electron chi connectivity index (χ0n) is 23.8. The number of nitrogens with zero attached hydrogens (tertiary/aromatic N) is 1. The summed E-state index contributed by atoms with van der Waals surface area (Å²) in [6.45, 7) is 3.46. The molecule has 0 bridgehead atoms. The van der Waals surface area contributed by atoms with Gasteiger partial charge in [0.15, 0.2) is 19.0 Å². The van der Waals surface area contributed by atoms with Gasteiger partial charge in [-0.1, -0.05) is 102 Å². The highest BCUT2D eigenvalue weighted by Crippen LogP contribution is 2.29. The molecule has 1 N–H and O–H groups in total. The van der Waals surface area contributed by atoms with E-state index in [9.17, 15) is 4.79 Å². The van der Waals surface area contributed by atoms with Crippen molar-refractivity contribution >= 4 is 17.5 Å². The molecule has 0 radical (unpaired) electrons. The van der Waals surface area contributed by atoms with Gasteiger partial charge in [0.05, 0.1) is 11.6 Å². The minimum absolute atomic E-state index is 0.0679. The summed E-state index contributed by atoms with van der Waals surface area (Å²) in [5.41, 5.74) is 1.17. The average Bonchev–Trinajstić information content (AvgIpc) is 2.90. The number of aryl methyl sites for hydroxylation is 1. The Labute approximate surface area is 236 Å². The number of nitrogens with one attached hydrogen (secondary N) is 1. The summed E-state index contributed by atoms with van der Waals surface area (Å²) in [7, 11) is 1.98. The monoisotopic (exact) mass is 545 g/mol. The van der Waals surface area contributed by atoms with Crippen LogP contribution in [0.1, 0.15) is 102 Å². The highest BCUT2D eigenvalue weighted by atomic mass is 35.5. The number of aromatic nitrogens is 1. The predicted octanol–water partition coefficient (Wildman–Crippen LogP) is 7.76. The second-order valence-corrected chi connectivity index (χ2v) is 10.7. The summed E-state index contributed by atoms with van der Waals surface area (Å²) < 4.78 is 13.5. The highest BCUT2D eigenvalue weighted by Gasteiger charge is 2.08. The number of hydrogen-bond donors (Lipinski definition) is 1. The zero-order valence-corrected chi connectivity index (χ0v) is 24.6. The lowest BCUT2D eigenvalue weighted by Crippen LogP contribution is -2.31. The van der Waals surface area contributed by atoms with Crippen LogP contribution in [0.15, 0.2) is 42.7 Å². The molecule has 1 amide bonds. The number of halogens is 1. The van der Waals surface area contributed by atoms with Gasteiger partial charge in [-0.15, -0.1) is 0 Å². The van der Waals surface area contributed by atoms with Crippen molar-refractivity contribution in [3.63, 3.8) is 0 Å². The van der Waals surface area contributed by atoms with Gasteiger partial charge in [-0.2, -0.15) is 0 Å². The standard InChI is InChI=1S/C32H49ClN2O3/c1-3-4-5-6-7-8-9-10-11-12-13-14-15-16-24-37-29-19-20-31(30(33)25-29)38-27-32(36)34-22-21-28-18-17-23-35(2)26-28/h17-20,23,25-26H,3-16,21-22,24,27H2,1-2H3/p+1. The fraction of sp³-hybridized carbons (Fsp3) is 0.625. The molecule has 0 aliphatic carbocycles. The molecule has 0 atom stereocenters. The zero-order chi connectivity index (χ0) is 27.3. The number of pyridine rings is 1. The third kappa shape index (κ3) is 15.2. The number of rotatable bonds is 22. The Morgan fingerprint density at radius 3 is 2.11 bits per heavy atom. The number of carbonyl (C=O) groups is 1. The quantitative estimate of drug-likeness (QED) is 0.121. The van der Waals surface area contributed by atoms with E-state index < -0.39 is 0 Å². The van der Waals surface area contributed by atoms with Crippen LogP contribution in [0, 0.1) is 0 Å². The molecule has 38 heavy (non-hydrogen) atoms. The van der Waals surface area contributed by atoms with E-state index in [0.29, 0.717) is 23.9 Å². The number of ether oxygens (including phenoxy) is 2. The maximum absolute atomic E-state index is 12.1. The first-order valence-electron chi connectivity index (χ1n) is 14.8. The van der Waals surface area contributed by atoms with E-state index in [1.165, 1.54) is 89.0 Å². The van der Waals surface area contributed by atoms with Crippen LogP contribution in [0.5, 0.6) is 11.5 Å². The van der Waals surface area contributed by atoms with Crippen LogP contribution in [0.2, 0.25) is 5.02 Å². The third-order valence-electron chi connectivity index (χ3n) is 6.77. The number of amides is 1. The van der Waals surface area contributed by atoms with Gasteiger partial charge in [-0.25, -0.2) is 4.57 Å². The van der Waals surface area contributed by atoms with E-state index in [1.807, 2.05) is 42.2 Å². The molecule has 0 aliphatic heterocycles. The molecule has 1 aromatic carbocycles. The van der Waals surface area contributed by atoms with E-state index in [0.717, 1.165) is 18.6 Å². The minimum atomic E-state index is -0.167. The Kier molecular flexibility index (Phi) is 17.4. The Bertz CT molecular complexity index is 906. The van der Waals surface area contributed by atoms with Crippen LogP contribution in [-0.2, 0) is 18.3 Å². The maximum Gasteiger partial charge on any atom is 0.257 e. The molecule has 0 spiro atoms. The Morgan fingerprint density at radius 1 is 0.868 bits per heavy atom. The molecule has 0 fully saturated rings. The van der Waals surface area contributed by atoms with Crippen molar-refractivity contribution in [3.8, 4) is 11.5 Å². The van der Waals surface area contributed by atoms with Crippen molar-refractivity contribution in [1.82, 2.24) is 5.32 Å². The van der Waals surface area contributed by atoms with Crippen LogP contribution >= 0.6 is 11.6 Å². The summed E-state index contributed by atoms with van der Waals surface area (Å²) in [5, 5.41) is 3.33. The number of hydrogen-bond acceptors (Lipinski definition) is 3. The topological polar surface area (TPSA) is 51.4 Å². The van der Waals surface area contributed by atoms with E-state index in [-0.39, 0.29) is 12.5 Å². The van der Waals surface area contributed by atoms with Gasteiger partial charge in [-0.3, -0.25) is 4.79 Å². The molecule has 5 nitrogen and oxygen atoms in total. The molecule has 6 heteroatoms. The second-order valence-electron chi connectivity index (χ2n) is 10.3. The molecule has 1 aromatic heterocycles. The fourth-order valence-electron chi connectivity index (χ4n) is 4.51. The van der Waals surface area contributed by atoms with Crippen LogP contribution in [-0.4, -0.2) is 25.7 Å². The van der Waals surface area contributed by atoms with Gasteiger partial charge < -0.3 is 14.8 Å². The molecule has 2 aromatic rings. The molecule has 0 unspecified atom stereocenters. The maximum atomic E-state index is 12.1. The molecule has 212 valence electrons. The molecule has 0 aliphatic rings. The lowest BCUT2D eigenvalue weighted by atomic mass is 10.0. The smallest absolute Gasteiger partial charge is 0.257 e. The van der Waals surface area contributed by atoms with Crippen molar-refractivity contribution in [2.75, 3.05) is 19.8 Å². The van der Waals surface area contributed by atoms with Gasteiger partial charge in [0.2, 0.25) is 0 Å². The predicted molar refractivity (Wildman–Crippen MR) is 157 cm³/mol. The molecular formula is C32H50ClN2O3+. The second kappa shape index (κ2) is 20.7. The minimum Gasteiger partial charge on any atom is -0.494 e. The number of unbranched alkanes of at least 4 members (excludes halogenated alkanes) is 13. The molecule has 1 heterocycles. The number of benzene rings is 1. The van der Waals surface area contributed by atoms with Gasteiger partial charge in [-0.05, 0) is 31.0 Å². The summed E-state index contributed by atoms with van der Waals surface area (Å²) >= 11 is 6.34. The van der Waals surface area contributed by atoms with Crippen molar-refractivity contribution < 1.29 is 18.8 Å². The molecular weight excluding hydrogens is 496 g/mol. The van der Waals surface area contributed by atoms with Crippen LogP contribution in [0.3, 0.4) is 0 Å². The van der Waals surface area contributed by atoms with E-state index in [2.05, 4.69) is 12.2 Å². The molecule has 2 rings (SSSR count). The van der Waals surface area contributed by atoms with Gasteiger partial charge in [0, 0.05) is 24.2 Å². The van der Waals surface area contributed by atoms with Crippen LogP contribution in [0.4, 0.5) is 0 Å². The van der Waals surface area contributed by atoms with Crippen molar-refractivity contribution in [2.45, 2.75) is 103 Å². The highest BCUT2D eigenvalue weighted by molar-refractivity contribution is 6.32. The van der Waals surface area contributed by atoms with E-state index in [1.54, 1.807) is 12.1 Å². The summed E-state index contributed by atoms with van der Waals surface area (Å²) in [6.07, 6.45) is 23.6. The first kappa shape index (κ1) is 31.9. The first-order chi connectivity index (χ1) is 18.6. The van der Waals surface area contributed by atoms with Crippen molar-refractivity contribution in [2.24, 2.45) is 7.05 Å². The average molecular weight is 546 g/mol. The SMILES string of the molecule is CCCCCCCCCCCCCCCCOc1ccc(OCC(=O)NCCc2ccc[n+](C)c2)c(Cl)c1. The normalized spacial score (nSPS) is 10.9. The largest absolute Gasteiger partial charge is 0.494 e. The summed E-state index contributed by atoms with van der Waals surface area (Å²) in [4.78, 5) is 12.1. The summed E-state index contributed by atoms with van der Waals surface area (Å²) in [6, 6.07) is 9.41. The lowest BCUT2D eigenvalue weighted by Gasteiger charge is -2.11. The van der Waals surface area contributed by atoms with E-state index in [4.69, 9.17) is 21.1 Å². The first-order valence-corrected chi connectivity index (χ1v) is 15.2. The lowest BCUT2D eigenvalue weighted by molar-refractivity contribution is -0.671. The Balaban J connectivity index is 1.46.